The SMILES string of the molecule is COc1ccc(N2C(=O)N[C@H]3C[C@]2(C)Oc2ccc(Cl)cc23)c(OC)c1. The summed E-state index contributed by atoms with van der Waals surface area (Å²) in [6.07, 6.45) is 0.585. The molecular weight excluding hydrogens is 356 g/mol. The van der Waals surface area contributed by atoms with Gasteiger partial charge in [0, 0.05) is 23.1 Å². The maximum Gasteiger partial charge on any atom is 0.325 e. The van der Waals surface area contributed by atoms with Crippen molar-refractivity contribution in [3.05, 3.63) is 47.0 Å². The zero-order valence-electron chi connectivity index (χ0n) is 14.7. The summed E-state index contributed by atoms with van der Waals surface area (Å²) in [6.45, 7) is 1.90. The molecule has 2 aliphatic rings. The Morgan fingerprint density at radius 3 is 2.77 bits per heavy atom. The van der Waals surface area contributed by atoms with E-state index in [1.54, 1.807) is 43.4 Å². The van der Waals surface area contributed by atoms with Gasteiger partial charge in [0.05, 0.1) is 25.9 Å². The third-order valence-corrected chi connectivity index (χ3v) is 5.10. The molecule has 2 amide bonds. The second kappa shape index (κ2) is 5.99. The second-order valence-electron chi connectivity index (χ2n) is 6.54. The van der Waals surface area contributed by atoms with E-state index in [9.17, 15) is 4.79 Å². The molecule has 2 atom stereocenters. The number of rotatable bonds is 3. The van der Waals surface area contributed by atoms with Gasteiger partial charge in [-0.05, 0) is 37.3 Å². The minimum Gasteiger partial charge on any atom is -0.497 e. The number of nitrogens with zero attached hydrogens (tertiary/aromatic N) is 1. The number of nitrogens with one attached hydrogen (secondary N) is 1. The quantitative estimate of drug-likeness (QED) is 0.877. The summed E-state index contributed by atoms with van der Waals surface area (Å²) < 4.78 is 17.0. The first-order valence-corrected chi connectivity index (χ1v) is 8.64. The van der Waals surface area contributed by atoms with Crippen LogP contribution in [0, 0.1) is 0 Å². The van der Waals surface area contributed by atoms with E-state index >= 15 is 0 Å². The van der Waals surface area contributed by atoms with Crippen molar-refractivity contribution in [3.8, 4) is 17.2 Å². The van der Waals surface area contributed by atoms with E-state index in [2.05, 4.69) is 5.32 Å². The van der Waals surface area contributed by atoms with E-state index in [0.29, 0.717) is 34.4 Å². The van der Waals surface area contributed by atoms with Crippen LogP contribution in [0.2, 0.25) is 5.02 Å². The lowest BCUT2D eigenvalue weighted by Gasteiger charge is -2.50. The molecule has 1 fully saturated rings. The number of carbonyl (C=O) groups excluding carboxylic acids is 1. The number of halogens is 1. The smallest absolute Gasteiger partial charge is 0.325 e. The summed E-state index contributed by atoms with van der Waals surface area (Å²) in [4.78, 5) is 14.5. The van der Waals surface area contributed by atoms with Crippen molar-refractivity contribution in [2.45, 2.75) is 25.1 Å². The lowest BCUT2D eigenvalue weighted by Crippen LogP contribution is -2.65. The van der Waals surface area contributed by atoms with Gasteiger partial charge in [-0.2, -0.15) is 0 Å². The Morgan fingerprint density at radius 2 is 2.04 bits per heavy atom. The molecule has 4 rings (SSSR count). The van der Waals surface area contributed by atoms with Crippen LogP contribution in [0.4, 0.5) is 10.5 Å². The van der Waals surface area contributed by atoms with Crippen molar-refractivity contribution in [2.24, 2.45) is 0 Å². The highest BCUT2D eigenvalue weighted by Crippen LogP contribution is 2.48. The fourth-order valence-electron chi connectivity index (χ4n) is 3.68. The van der Waals surface area contributed by atoms with Crippen LogP contribution < -0.4 is 24.4 Å². The molecule has 0 saturated carbocycles. The molecule has 0 radical (unpaired) electrons. The highest BCUT2D eigenvalue weighted by Gasteiger charge is 2.50. The van der Waals surface area contributed by atoms with Crippen LogP contribution in [-0.2, 0) is 0 Å². The van der Waals surface area contributed by atoms with Crippen molar-refractivity contribution in [3.63, 3.8) is 0 Å². The van der Waals surface area contributed by atoms with Crippen LogP contribution >= 0.6 is 11.6 Å². The molecule has 2 heterocycles. The molecule has 1 saturated heterocycles. The summed E-state index contributed by atoms with van der Waals surface area (Å²) >= 11 is 6.11. The Balaban J connectivity index is 1.80. The van der Waals surface area contributed by atoms with E-state index < -0.39 is 5.72 Å². The number of anilines is 1. The van der Waals surface area contributed by atoms with E-state index in [0.717, 1.165) is 5.56 Å². The highest BCUT2D eigenvalue weighted by atomic mass is 35.5. The average Bonchev–Trinajstić information content (AvgIpc) is 2.62. The number of ether oxygens (including phenoxy) is 3. The molecule has 136 valence electrons. The van der Waals surface area contributed by atoms with Gasteiger partial charge in [-0.3, -0.25) is 4.90 Å². The third kappa shape index (κ3) is 2.52. The molecule has 6 nitrogen and oxygen atoms in total. The summed E-state index contributed by atoms with van der Waals surface area (Å²) in [5.41, 5.74) is 0.657. The Morgan fingerprint density at radius 1 is 1.23 bits per heavy atom. The Kier molecular flexibility index (Phi) is 3.88. The lowest BCUT2D eigenvalue weighted by atomic mass is 9.90. The van der Waals surface area contributed by atoms with Gasteiger partial charge in [0.15, 0.2) is 5.72 Å². The topological polar surface area (TPSA) is 60.0 Å². The Labute approximate surface area is 156 Å². The standard InChI is InChI=1S/C19H19ClN2O4/c1-19-10-14(13-8-11(20)4-7-16(13)26-19)21-18(23)22(19)15-6-5-12(24-2)9-17(15)25-3/h4-9,14H,10H2,1-3H3,(H,21,23)/t14-,19-/m0/s1. The zero-order chi connectivity index (χ0) is 18.5. The molecule has 2 aliphatic heterocycles. The minimum absolute atomic E-state index is 0.157. The maximum absolute atomic E-state index is 12.9. The lowest BCUT2D eigenvalue weighted by molar-refractivity contribution is 0.0375. The first kappa shape index (κ1) is 16.8. The summed E-state index contributed by atoms with van der Waals surface area (Å²) in [5, 5.41) is 3.66. The van der Waals surface area contributed by atoms with E-state index in [1.807, 2.05) is 19.1 Å². The van der Waals surface area contributed by atoms with Crippen molar-refractivity contribution in [2.75, 3.05) is 19.1 Å². The maximum atomic E-state index is 12.9. The van der Waals surface area contributed by atoms with E-state index in [-0.39, 0.29) is 12.1 Å². The van der Waals surface area contributed by atoms with Gasteiger partial charge < -0.3 is 19.5 Å². The number of fused-ring (bicyclic) bond motifs is 4. The number of hydrogen-bond donors (Lipinski definition) is 1. The number of amides is 2. The summed E-state index contributed by atoms with van der Waals surface area (Å²) in [6, 6.07) is 10.4. The van der Waals surface area contributed by atoms with Crippen LogP contribution in [0.5, 0.6) is 17.2 Å². The number of hydrogen-bond acceptors (Lipinski definition) is 4. The molecule has 2 bridgehead atoms. The Hall–Kier alpha value is -2.60. The predicted molar refractivity (Wildman–Crippen MR) is 98.4 cm³/mol. The summed E-state index contributed by atoms with van der Waals surface area (Å²) in [7, 11) is 3.14. The number of urea groups is 1. The fourth-order valence-corrected chi connectivity index (χ4v) is 3.86. The van der Waals surface area contributed by atoms with E-state index in [4.69, 9.17) is 25.8 Å². The van der Waals surface area contributed by atoms with Crippen LogP contribution in [0.3, 0.4) is 0 Å². The molecule has 0 spiro atoms. The first-order chi connectivity index (χ1) is 12.4. The minimum atomic E-state index is -0.851. The van der Waals surface area contributed by atoms with Gasteiger partial charge in [0.2, 0.25) is 0 Å². The molecule has 0 aromatic heterocycles. The van der Waals surface area contributed by atoms with E-state index in [1.165, 1.54) is 0 Å². The predicted octanol–water partition coefficient (Wildman–Crippen LogP) is 4.13. The van der Waals surface area contributed by atoms with Crippen molar-refractivity contribution in [1.29, 1.82) is 0 Å². The average molecular weight is 375 g/mol. The van der Waals surface area contributed by atoms with Crippen molar-refractivity contribution >= 4 is 23.3 Å². The van der Waals surface area contributed by atoms with Crippen LogP contribution in [0.1, 0.15) is 24.9 Å². The molecule has 7 heteroatoms. The zero-order valence-corrected chi connectivity index (χ0v) is 15.5. The van der Waals surface area contributed by atoms with Crippen LogP contribution in [0.15, 0.2) is 36.4 Å². The summed E-state index contributed by atoms with van der Waals surface area (Å²) in [5.74, 6) is 1.89. The third-order valence-electron chi connectivity index (χ3n) is 4.86. The van der Waals surface area contributed by atoms with Crippen LogP contribution in [-0.4, -0.2) is 26.0 Å². The van der Waals surface area contributed by atoms with Gasteiger partial charge in [0.25, 0.3) is 0 Å². The van der Waals surface area contributed by atoms with Gasteiger partial charge in [-0.1, -0.05) is 11.6 Å². The monoisotopic (exact) mass is 374 g/mol. The highest BCUT2D eigenvalue weighted by molar-refractivity contribution is 6.30. The molecular formula is C19H19ClN2O4. The van der Waals surface area contributed by atoms with Crippen molar-refractivity contribution in [1.82, 2.24) is 5.32 Å². The fraction of sp³-hybridized carbons (Fsp3) is 0.316. The molecule has 26 heavy (non-hydrogen) atoms. The Bertz CT molecular complexity index is 888. The molecule has 0 aliphatic carbocycles. The van der Waals surface area contributed by atoms with Gasteiger partial charge >= 0.3 is 6.03 Å². The number of carbonyl (C=O) groups is 1. The van der Waals surface area contributed by atoms with Crippen molar-refractivity contribution < 1.29 is 19.0 Å². The molecule has 0 unspecified atom stereocenters. The molecule has 2 aromatic carbocycles. The number of benzene rings is 2. The first-order valence-electron chi connectivity index (χ1n) is 8.26. The molecule has 2 aromatic rings. The van der Waals surface area contributed by atoms with Gasteiger partial charge in [0.1, 0.15) is 17.2 Å². The van der Waals surface area contributed by atoms with Gasteiger partial charge in [-0.15, -0.1) is 0 Å². The number of methoxy groups -OCH3 is 2. The van der Waals surface area contributed by atoms with Gasteiger partial charge in [-0.25, -0.2) is 4.79 Å². The van der Waals surface area contributed by atoms with Crippen LogP contribution in [0.25, 0.3) is 0 Å². The second-order valence-corrected chi connectivity index (χ2v) is 6.98. The normalized spacial score (nSPS) is 23.6. The largest absolute Gasteiger partial charge is 0.497 e. The molecule has 1 N–H and O–H groups in total.